The summed E-state index contributed by atoms with van der Waals surface area (Å²) in [6, 6.07) is 2.55. The van der Waals surface area contributed by atoms with Gasteiger partial charge in [0.05, 0.1) is 24.3 Å². The van der Waals surface area contributed by atoms with E-state index >= 15 is 0 Å². The molecule has 4 nitrogen and oxygen atoms in total. The lowest BCUT2D eigenvalue weighted by Crippen LogP contribution is -2.38. The van der Waals surface area contributed by atoms with Crippen LogP contribution in [0, 0.1) is 6.92 Å². The average Bonchev–Trinajstić information content (AvgIpc) is 2.94. The summed E-state index contributed by atoms with van der Waals surface area (Å²) >= 11 is 0. The lowest BCUT2D eigenvalue weighted by molar-refractivity contribution is -0.149. The van der Waals surface area contributed by atoms with Crippen LogP contribution in [0.5, 0.6) is 0 Å². The number of halogens is 3. The molecular weight excluding hydrogens is 347 g/mol. The Hall–Kier alpha value is -2.02. The van der Waals surface area contributed by atoms with E-state index in [1.807, 2.05) is 6.92 Å². The normalized spacial score (nSPS) is 20.3. The number of carboxylic acids is 1. The van der Waals surface area contributed by atoms with Gasteiger partial charge in [0.25, 0.3) is 0 Å². The summed E-state index contributed by atoms with van der Waals surface area (Å²) in [6.07, 6.45) is -2.39. The van der Waals surface area contributed by atoms with Crippen LogP contribution in [0.15, 0.2) is 12.1 Å². The van der Waals surface area contributed by atoms with Gasteiger partial charge in [-0.25, -0.2) is 0 Å². The molecule has 1 aromatic heterocycles. The molecule has 2 N–H and O–H groups in total. The Morgan fingerprint density at radius 1 is 1.38 bits per heavy atom. The van der Waals surface area contributed by atoms with Crippen molar-refractivity contribution in [3.63, 3.8) is 0 Å². The van der Waals surface area contributed by atoms with E-state index < -0.39 is 23.3 Å². The SMILES string of the molecule is CCCCC1(CC(=O)O)OCCc2c1[nH]c1c(C)ccc(C(F)(F)F)c21. The zero-order valence-electron chi connectivity index (χ0n) is 14.8. The molecule has 0 radical (unpaired) electrons. The van der Waals surface area contributed by atoms with Crippen LogP contribution in [0.1, 0.15) is 55.0 Å². The van der Waals surface area contributed by atoms with Crippen molar-refractivity contribution < 1.29 is 27.8 Å². The smallest absolute Gasteiger partial charge is 0.417 e. The first-order valence-corrected chi connectivity index (χ1v) is 8.77. The van der Waals surface area contributed by atoms with Crippen LogP contribution in [0.3, 0.4) is 0 Å². The predicted molar refractivity (Wildman–Crippen MR) is 91.1 cm³/mol. The Kier molecular flexibility index (Phi) is 4.77. The number of rotatable bonds is 5. The molecule has 0 bridgehead atoms. The maximum absolute atomic E-state index is 13.6. The van der Waals surface area contributed by atoms with Crippen molar-refractivity contribution in [2.24, 2.45) is 0 Å². The zero-order valence-corrected chi connectivity index (χ0v) is 14.8. The molecule has 7 heteroatoms. The molecule has 2 aromatic rings. The van der Waals surface area contributed by atoms with Gasteiger partial charge >= 0.3 is 12.1 Å². The van der Waals surface area contributed by atoms with E-state index in [-0.39, 0.29) is 18.4 Å². The number of ether oxygens (including phenoxy) is 1. The molecule has 1 aliphatic rings. The fourth-order valence-electron chi connectivity index (χ4n) is 3.93. The first-order chi connectivity index (χ1) is 12.2. The maximum Gasteiger partial charge on any atom is 0.417 e. The van der Waals surface area contributed by atoms with Gasteiger partial charge in [-0.05, 0) is 37.0 Å². The molecule has 1 aromatic carbocycles. The molecule has 0 amide bonds. The number of carbonyl (C=O) groups is 1. The number of aryl methyl sites for hydroxylation is 1. The van der Waals surface area contributed by atoms with Gasteiger partial charge in [0.1, 0.15) is 5.60 Å². The molecule has 2 heterocycles. The van der Waals surface area contributed by atoms with E-state index in [2.05, 4.69) is 4.98 Å². The Morgan fingerprint density at radius 3 is 2.73 bits per heavy atom. The summed E-state index contributed by atoms with van der Waals surface area (Å²) in [5.41, 5.74) is 0.360. The standard InChI is InChI=1S/C19H22F3NO3/c1-3-4-8-18(10-14(24)25)17-12(7-9-26-18)15-13(19(20,21)22)6-5-11(2)16(15)23-17/h5-6,23H,3-4,7-10H2,1-2H3,(H,24,25). The number of aliphatic carboxylic acids is 1. The number of hydrogen-bond donors (Lipinski definition) is 2. The summed E-state index contributed by atoms with van der Waals surface area (Å²) in [7, 11) is 0. The van der Waals surface area contributed by atoms with Gasteiger partial charge in [-0.3, -0.25) is 4.79 Å². The maximum atomic E-state index is 13.6. The highest BCUT2D eigenvalue weighted by Crippen LogP contribution is 2.46. The van der Waals surface area contributed by atoms with Crippen molar-refractivity contribution in [1.29, 1.82) is 0 Å². The fraction of sp³-hybridized carbons (Fsp3) is 0.526. The third-order valence-electron chi connectivity index (χ3n) is 5.13. The molecular formula is C19H22F3NO3. The molecule has 0 saturated heterocycles. The van der Waals surface area contributed by atoms with Crippen LogP contribution in [0.2, 0.25) is 0 Å². The second-order valence-electron chi connectivity index (χ2n) is 6.92. The lowest BCUT2D eigenvalue weighted by atomic mass is 9.83. The van der Waals surface area contributed by atoms with Crippen LogP contribution in [0.25, 0.3) is 10.9 Å². The van der Waals surface area contributed by atoms with E-state index in [4.69, 9.17) is 4.74 Å². The van der Waals surface area contributed by atoms with Crippen LogP contribution >= 0.6 is 0 Å². The van der Waals surface area contributed by atoms with Gasteiger partial charge < -0.3 is 14.8 Å². The first-order valence-electron chi connectivity index (χ1n) is 8.77. The molecule has 142 valence electrons. The van der Waals surface area contributed by atoms with Crippen LogP contribution in [-0.4, -0.2) is 22.7 Å². The van der Waals surface area contributed by atoms with E-state index in [9.17, 15) is 23.1 Å². The van der Waals surface area contributed by atoms with Gasteiger partial charge in [0.2, 0.25) is 0 Å². The molecule has 1 atom stereocenters. The highest BCUT2D eigenvalue weighted by molar-refractivity contribution is 5.91. The van der Waals surface area contributed by atoms with Crippen molar-refractivity contribution in [2.45, 2.75) is 57.7 Å². The Morgan fingerprint density at radius 2 is 2.12 bits per heavy atom. The number of aromatic nitrogens is 1. The second-order valence-corrected chi connectivity index (χ2v) is 6.92. The minimum absolute atomic E-state index is 0.155. The summed E-state index contributed by atoms with van der Waals surface area (Å²) in [6.45, 7) is 3.94. The summed E-state index contributed by atoms with van der Waals surface area (Å²) < 4.78 is 46.6. The number of carboxylic acid groups (broad SMARTS) is 1. The zero-order chi connectivity index (χ0) is 19.1. The van der Waals surface area contributed by atoms with Gasteiger partial charge in [-0.2, -0.15) is 13.2 Å². The molecule has 3 rings (SSSR count). The topological polar surface area (TPSA) is 62.3 Å². The molecule has 0 spiro atoms. The minimum Gasteiger partial charge on any atom is -0.481 e. The Labute approximate surface area is 149 Å². The Bertz CT molecular complexity index is 841. The molecule has 1 aliphatic heterocycles. The van der Waals surface area contributed by atoms with E-state index in [0.29, 0.717) is 35.2 Å². The number of unbranched alkanes of at least 4 members (excludes halogenated alkanes) is 1. The van der Waals surface area contributed by atoms with E-state index in [0.717, 1.165) is 18.9 Å². The number of fused-ring (bicyclic) bond motifs is 3. The van der Waals surface area contributed by atoms with Crippen molar-refractivity contribution in [3.05, 3.63) is 34.5 Å². The molecule has 0 aliphatic carbocycles. The fourth-order valence-corrected chi connectivity index (χ4v) is 3.93. The highest BCUT2D eigenvalue weighted by atomic mass is 19.4. The number of benzene rings is 1. The quantitative estimate of drug-likeness (QED) is 0.786. The van der Waals surface area contributed by atoms with Crippen LogP contribution in [0.4, 0.5) is 13.2 Å². The van der Waals surface area contributed by atoms with Crippen molar-refractivity contribution in [3.8, 4) is 0 Å². The average molecular weight is 369 g/mol. The third kappa shape index (κ3) is 3.09. The molecule has 26 heavy (non-hydrogen) atoms. The van der Waals surface area contributed by atoms with Gasteiger partial charge in [0.15, 0.2) is 0 Å². The predicted octanol–water partition coefficient (Wildman–Crippen LogP) is 4.93. The molecule has 0 saturated carbocycles. The summed E-state index contributed by atoms with van der Waals surface area (Å²) in [5, 5.41) is 9.55. The largest absolute Gasteiger partial charge is 0.481 e. The number of nitrogens with one attached hydrogen (secondary N) is 1. The summed E-state index contributed by atoms with van der Waals surface area (Å²) in [5.74, 6) is -1.03. The number of H-pyrrole nitrogens is 1. The summed E-state index contributed by atoms with van der Waals surface area (Å²) in [4.78, 5) is 14.6. The minimum atomic E-state index is -4.47. The van der Waals surface area contributed by atoms with Crippen molar-refractivity contribution >= 4 is 16.9 Å². The van der Waals surface area contributed by atoms with Gasteiger partial charge in [-0.1, -0.05) is 25.8 Å². The van der Waals surface area contributed by atoms with E-state index in [1.54, 1.807) is 6.92 Å². The van der Waals surface area contributed by atoms with Gasteiger partial charge in [0, 0.05) is 10.9 Å². The van der Waals surface area contributed by atoms with Gasteiger partial charge in [-0.15, -0.1) is 0 Å². The third-order valence-corrected chi connectivity index (χ3v) is 5.13. The monoisotopic (exact) mass is 369 g/mol. The number of alkyl halides is 3. The highest BCUT2D eigenvalue weighted by Gasteiger charge is 2.44. The van der Waals surface area contributed by atoms with Crippen molar-refractivity contribution in [2.75, 3.05) is 6.61 Å². The van der Waals surface area contributed by atoms with E-state index in [1.165, 1.54) is 6.07 Å². The second kappa shape index (κ2) is 6.61. The number of aromatic amines is 1. The lowest BCUT2D eigenvalue weighted by Gasteiger charge is -2.36. The van der Waals surface area contributed by atoms with Crippen LogP contribution in [-0.2, 0) is 27.7 Å². The van der Waals surface area contributed by atoms with Crippen molar-refractivity contribution in [1.82, 2.24) is 4.98 Å². The molecule has 0 fully saturated rings. The first kappa shape index (κ1) is 18.8. The molecule has 1 unspecified atom stereocenters. The van der Waals surface area contributed by atoms with Crippen LogP contribution < -0.4 is 0 Å². The number of hydrogen-bond acceptors (Lipinski definition) is 2. The Balaban J connectivity index is 2.29.